The normalized spacial score (nSPS) is 11.8. The first-order chi connectivity index (χ1) is 8.64. The minimum Gasteiger partial charge on any atom is -0.317 e. The molecule has 104 valence electrons. The van der Waals surface area contributed by atoms with E-state index in [0.717, 1.165) is 24.5 Å². The molecule has 0 aromatic carbocycles. The monoisotopic (exact) mass is 291 g/mol. The zero-order valence-electron chi connectivity index (χ0n) is 10.7. The van der Waals surface area contributed by atoms with Crippen LogP contribution in [0.25, 0.3) is 0 Å². The topological polar surface area (TPSA) is 71.1 Å². The molecule has 0 amide bonds. The third kappa shape index (κ3) is 7.05. The Bertz CT molecular complexity index is 404. The van der Waals surface area contributed by atoms with E-state index in [1.54, 1.807) is 17.5 Å². The Hall–Kier alpha value is -0.500. The molecule has 1 aromatic heterocycles. The molecule has 0 aliphatic heterocycles. The highest BCUT2D eigenvalue weighted by Gasteiger charge is 2.09. The molecule has 2 N–H and O–H groups in total. The van der Waals surface area contributed by atoms with Gasteiger partial charge in [-0.2, -0.15) is 0 Å². The number of nitrogens with one attached hydrogen (secondary N) is 2. The summed E-state index contributed by atoms with van der Waals surface area (Å²) >= 11 is 1.54. The molecule has 0 saturated carbocycles. The highest BCUT2D eigenvalue weighted by molar-refractivity contribution is 7.89. The number of rotatable bonds is 10. The quantitative estimate of drug-likeness (QED) is 0.631. The van der Waals surface area contributed by atoms with Crippen molar-refractivity contribution in [2.75, 3.05) is 25.4 Å². The summed E-state index contributed by atoms with van der Waals surface area (Å²) < 4.78 is 25.9. The molecule has 1 rings (SSSR count). The van der Waals surface area contributed by atoms with Crippen molar-refractivity contribution in [3.63, 3.8) is 0 Å². The van der Waals surface area contributed by atoms with Crippen LogP contribution in [0.15, 0.2) is 11.6 Å². The molecule has 0 atom stereocenters. The van der Waals surface area contributed by atoms with E-state index in [1.165, 1.54) is 0 Å². The van der Waals surface area contributed by atoms with Gasteiger partial charge in [-0.3, -0.25) is 0 Å². The van der Waals surface area contributed by atoms with Gasteiger partial charge in [0.25, 0.3) is 0 Å². The maximum atomic E-state index is 11.6. The minimum atomic E-state index is -3.14. The van der Waals surface area contributed by atoms with E-state index in [9.17, 15) is 8.42 Å². The van der Waals surface area contributed by atoms with Crippen molar-refractivity contribution in [2.45, 2.75) is 26.2 Å². The van der Waals surface area contributed by atoms with E-state index >= 15 is 0 Å². The Labute approximate surface area is 113 Å². The molecular weight excluding hydrogens is 270 g/mol. The molecule has 5 nitrogen and oxygen atoms in total. The van der Waals surface area contributed by atoms with Crippen LogP contribution in [-0.4, -0.2) is 38.8 Å². The van der Waals surface area contributed by atoms with Crippen molar-refractivity contribution in [2.24, 2.45) is 0 Å². The van der Waals surface area contributed by atoms with Gasteiger partial charge in [-0.25, -0.2) is 18.1 Å². The fourth-order valence-corrected chi connectivity index (χ4v) is 3.15. The molecule has 0 spiro atoms. The second kappa shape index (κ2) is 8.58. The van der Waals surface area contributed by atoms with Crippen LogP contribution < -0.4 is 10.0 Å². The number of thiazole rings is 1. The van der Waals surface area contributed by atoms with Crippen LogP contribution >= 0.6 is 11.3 Å². The van der Waals surface area contributed by atoms with Gasteiger partial charge in [-0.1, -0.05) is 6.92 Å². The number of hydrogen-bond donors (Lipinski definition) is 2. The minimum absolute atomic E-state index is 0.182. The van der Waals surface area contributed by atoms with E-state index in [2.05, 4.69) is 21.9 Å². The average Bonchev–Trinajstić information content (AvgIpc) is 2.81. The molecule has 0 aliphatic carbocycles. The van der Waals surface area contributed by atoms with Crippen LogP contribution in [0.5, 0.6) is 0 Å². The van der Waals surface area contributed by atoms with Gasteiger partial charge in [-0.05, 0) is 25.9 Å². The van der Waals surface area contributed by atoms with Crippen LogP contribution in [0, 0.1) is 0 Å². The lowest BCUT2D eigenvalue weighted by molar-refractivity contribution is 0.574. The van der Waals surface area contributed by atoms with E-state index < -0.39 is 10.0 Å². The first-order valence-electron chi connectivity index (χ1n) is 6.20. The largest absolute Gasteiger partial charge is 0.317 e. The van der Waals surface area contributed by atoms with E-state index in [1.807, 2.05) is 5.38 Å². The van der Waals surface area contributed by atoms with Gasteiger partial charge < -0.3 is 5.32 Å². The van der Waals surface area contributed by atoms with Crippen LogP contribution in [0.1, 0.15) is 24.8 Å². The van der Waals surface area contributed by atoms with Gasteiger partial charge in [0.15, 0.2) is 0 Å². The number of sulfonamides is 1. The van der Waals surface area contributed by atoms with Crippen molar-refractivity contribution >= 4 is 21.4 Å². The van der Waals surface area contributed by atoms with Gasteiger partial charge in [0.05, 0.1) is 10.8 Å². The summed E-state index contributed by atoms with van der Waals surface area (Å²) in [4.78, 5) is 4.11. The molecule has 0 aliphatic rings. The Morgan fingerprint density at radius 1 is 1.33 bits per heavy atom. The third-order valence-electron chi connectivity index (χ3n) is 2.34. The average molecular weight is 291 g/mol. The zero-order chi connectivity index (χ0) is 13.3. The predicted molar refractivity (Wildman–Crippen MR) is 75.4 cm³/mol. The second-order valence-electron chi connectivity index (χ2n) is 3.99. The molecule has 0 bridgehead atoms. The van der Waals surface area contributed by atoms with E-state index in [-0.39, 0.29) is 5.75 Å². The van der Waals surface area contributed by atoms with Gasteiger partial charge in [0, 0.05) is 24.5 Å². The third-order valence-corrected chi connectivity index (χ3v) is 4.65. The zero-order valence-corrected chi connectivity index (χ0v) is 12.3. The fourth-order valence-electron chi connectivity index (χ4n) is 1.45. The Morgan fingerprint density at radius 3 is 2.83 bits per heavy atom. The van der Waals surface area contributed by atoms with E-state index in [0.29, 0.717) is 19.4 Å². The number of aromatic nitrogens is 1. The summed E-state index contributed by atoms with van der Waals surface area (Å²) in [6, 6.07) is 0. The molecule has 1 aromatic rings. The van der Waals surface area contributed by atoms with Gasteiger partial charge >= 0.3 is 0 Å². The lowest BCUT2D eigenvalue weighted by Gasteiger charge is -2.06. The van der Waals surface area contributed by atoms with Crippen molar-refractivity contribution < 1.29 is 8.42 Å². The van der Waals surface area contributed by atoms with Crippen LogP contribution in [-0.2, 0) is 16.4 Å². The summed E-state index contributed by atoms with van der Waals surface area (Å²) in [7, 11) is -3.14. The van der Waals surface area contributed by atoms with Gasteiger partial charge in [-0.15, -0.1) is 11.3 Å². The number of hydrogen-bond acceptors (Lipinski definition) is 5. The fraction of sp³-hybridized carbons (Fsp3) is 0.727. The SMILES string of the molecule is CCCNCCCS(=O)(=O)NCCc1nccs1. The summed E-state index contributed by atoms with van der Waals surface area (Å²) in [5, 5.41) is 6.04. The highest BCUT2D eigenvalue weighted by atomic mass is 32.2. The maximum Gasteiger partial charge on any atom is 0.211 e. The molecule has 1 heterocycles. The van der Waals surface area contributed by atoms with Gasteiger partial charge in [0.2, 0.25) is 10.0 Å². The Kier molecular flexibility index (Phi) is 7.41. The smallest absolute Gasteiger partial charge is 0.211 e. The maximum absolute atomic E-state index is 11.6. The lowest BCUT2D eigenvalue weighted by atomic mass is 10.4. The van der Waals surface area contributed by atoms with Crippen molar-refractivity contribution in [3.05, 3.63) is 16.6 Å². The summed E-state index contributed by atoms with van der Waals surface area (Å²) in [5.74, 6) is 0.182. The first kappa shape index (κ1) is 15.6. The molecule has 0 fully saturated rings. The van der Waals surface area contributed by atoms with Crippen LogP contribution in [0.2, 0.25) is 0 Å². The van der Waals surface area contributed by atoms with E-state index in [4.69, 9.17) is 0 Å². The van der Waals surface area contributed by atoms with Crippen molar-refractivity contribution in [3.8, 4) is 0 Å². The molecule has 7 heteroatoms. The predicted octanol–water partition coefficient (Wildman–Crippen LogP) is 0.995. The molecule has 18 heavy (non-hydrogen) atoms. The summed E-state index contributed by atoms with van der Waals surface area (Å²) in [5.41, 5.74) is 0. The van der Waals surface area contributed by atoms with Crippen LogP contribution in [0.3, 0.4) is 0 Å². The Morgan fingerprint density at radius 2 is 2.17 bits per heavy atom. The van der Waals surface area contributed by atoms with Crippen molar-refractivity contribution in [1.29, 1.82) is 0 Å². The number of nitrogens with zero attached hydrogens (tertiary/aromatic N) is 1. The second-order valence-corrected chi connectivity index (χ2v) is 6.90. The molecular formula is C11H21N3O2S2. The van der Waals surface area contributed by atoms with Gasteiger partial charge in [0.1, 0.15) is 0 Å². The molecule has 0 unspecified atom stereocenters. The lowest BCUT2D eigenvalue weighted by Crippen LogP contribution is -2.30. The van der Waals surface area contributed by atoms with Crippen LogP contribution in [0.4, 0.5) is 0 Å². The molecule has 0 saturated heterocycles. The summed E-state index contributed by atoms with van der Waals surface area (Å²) in [6.07, 6.45) is 4.10. The van der Waals surface area contributed by atoms with Crippen molar-refractivity contribution in [1.82, 2.24) is 15.0 Å². The molecule has 0 radical (unpaired) electrons. The summed E-state index contributed by atoms with van der Waals surface area (Å²) in [6.45, 7) is 4.21. The standard InChI is InChI=1S/C11H21N3O2S2/c1-2-5-12-6-3-10-18(15,16)14-7-4-11-13-8-9-17-11/h8-9,12,14H,2-7,10H2,1H3. The highest BCUT2D eigenvalue weighted by Crippen LogP contribution is 2.03. The Balaban J connectivity index is 2.11. The first-order valence-corrected chi connectivity index (χ1v) is 8.73.